The number of aliphatic hydroxyl groups is 1. The molecule has 154 valence electrons. The van der Waals surface area contributed by atoms with Gasteiger partial charge >= 0.3 is 12.0 Å². The summed E-state index contributed by atoms with van der Waals surface area (Å²) in [4.78, 5) is 31.9. The van der Waals surface area contributed by atoms with Gasteiger partial charge in [-0.25, -0.2) is 9.37 Å². The number of nitrogens with one attached hydrogen (secondary N) is 1. The summed E-state index contributed by atoms with van der Waals surface area (Å²) in [6.45, 7) is 6.18. The lowest BCUT2D eigenvalue weighted by Gasteiger charge is -2.32. The largest absolute Gasteiger partial charge is 0.490 e. The summed E-state index contributed by atoms with van der Waals surface area (Å²) in [6.07, 6.45) is 0.777. The highest BCUT2D eigenvalue weighted by Gasteiger charge is 2.51. The third-order valence-electron chi connectivity index (χ3n) is 4.87. The second kappa shape index (κ2) is 8.44. The van der Waals surface area contributed by atoms with Gasteiger partial charge in [-0.15, -0.1) is 0 Å². The SMILES string of the molecule is C=CCNC1=[N+](CC(O)COc2ccccc2C)C2C(=O)N(C)C(=O)N(C)C2=N1. The van der Waals surface area contributed by atoms with Gasteiger partial charge in [0.1, 0.15) is 18.5 Å². The van der Waals surface area contributed by atoms with Crippen molar-refractivity contribution in [2.24, 2.45) is 4.99 Å². The lowest BCUT2D eigenvalue weighted by Crippen LogP contribution is -2.62. The molecule has 2 heterocycles. The Kier molecular flexibility index (Phi) is 5.97. The number of para-hydroxylation sites is 1. The number of nitrogens with zero attached hydrogens (tertiary/aromatic N) is 4. The molecular weight excluding hydrogens is 374 g/mol. The minimum Gasteiger partial charge on any atom is -0.490 e. The average Bonchev–Trinajstić information content (AvgIpc) is 3.06. The number of imide groups is 1. The molecule has 3 amide bonds. The number of amides is 3. The number of hydrogen-bond donors (Lipinski definition) is 2. The second-order valence-corrected chi connectivity index (χ2v) is 6.99. The summed E-state index contributed by atoms with van der Waals surface area (Å²) in [5, 5.41) is 13.7. The number of benzene rings is 1. The van der Waals surface area contributed by atoms with Crippen LogP contribution in [-0.2, 0) is 4.79 Å². The van der Waals surface area contributed by atoms with Crippen molar-refractivity contribution in [3.8, 4) is 5.75 Å². The predicted octanol–water partition coefficient (Wildman–Crippen LogP) is 0.183. The van der Waals surface area contributed by atoms with Crippen molar-refractivity contribution >= 4 is 23.7 Å². The fraction of sp³-hybridized carbons (Fsp3) is 0.400. The van der Waals surface area contributed by atoms with Crippen molar-refractivity contribution in [2.75, 3.05) is 33.8 Å². The van der Waals surface area contributed by atoms with E-state index in [9.17, 15) is 14.7 Å². The first-order valence-electron chi connectivity index (χ1n) is 9.33. The lowest BCUT2D eigenvalue weighted by molar-refractivity contribution is -0.545. The summed E-state index contributed by atoms with van der Waals surface area (Å²) >= 11 is 0. The van der Waals surface area contributed by atoms with E-state index in [4.69, 9.17) is 4.74 Å². The highest BCUT2D eigenvalue weighted by molar-refractivity contribution is 6.22. The number of carbonyl (C=O) groups is 2. The first-order chi connectivity index (χ1) is 13.8. The second-order valence-electron chi connectivity index (χ2n) is 6.99. The number of fused-ring (bicyclic) bond motifs is 1. The highest BCUT2D eigenvalue weighted by atomic mass is 16.5. The van der Waals surface area contributed by atoms with Gasteiger partial charge in [0.15, 0.2) is 0 Å². The van der Waals surface area contributed by atoms with Gasteiger partial charge in [0.2, 0.25) is 11.9 Å². The molecule has 2 unspecified atom stereocenters. The van der Waals surface area contributed by atoms with Gasteiger partial charge in [0, 0.05) is 14.1 Å². The van der Waals surface area contributed by atoms with Crippen molar-refractivity contribution in [3.63, 3.8) is 0 Å². The number of guanidine groups is 1. The molecule has 9 heteroatoms. The van der Waals surface area contributed by atoms with Crippen LogP contribution in [0.2, 0.25) is 0 Å². The van der Waals surface area contributed by atoms with Crippen LogP contribution in [0.15, 0.2) is 41.9 Å². The minimum atomic E-state index is -0.884. The monoisotopic (exact) mass is 400 g/mol. The van der Waals surface area contributed by atoms with E-state index in [1.54, 1.807) is 17.7 Å². The summed E-state index contributed by atoms with van der Waals surface area (Å²) in [6, 6.07) is 6.31. The minimum absolute atomic E-state index is 0.0525. The van der Waals surface area contributed by atoms with E-state index < -0.39 is 24.1 Å². The lowest BCUT2D eigenvalue weighted by atomic mass is 10.1. The van der Waals surface area contributed by atoms with E-state index in [1.165, 1.54) is 11.9 Å². The zero-order valence-corrected chi connectivity index (χ0v) is 16.8. The molecule has 0 saturated carbocycles. The van der Waals surface area contributed by atoms with Gasteiger partial charge in [0.25, 0.3) is 5.91 Å². The molecule has 3 rings (SSSR count). The van der Waals surface area contributed by atoms with Crippen LogP contribution >= 0.6 is 0 Å². The molecule has 1 fully saturated rings. The number of hydrogen-bond acceptors (Lipinski definition) is 6. The summed E-state index contributed by atoms with van der Waals surface area (Å²) in [5.41, 5.74) is 0.968. The van der Waals surface area contributed by atoms with Crippen molar-refractivity contribution in [2.45, 2.75) is 19.1 Å². The van der Waals surface area contributed by atoms with E-state index in [0.29, 0.717) is 24.1 Å². The van der Waals surface area contributed by atoms with Gasteiger partial charge in [-0.05, 0) is 18.6 Å². The third-order valence-corrected chi connectivity index (χ3v) is 4.87. The third kappa shape index (κ3) is 4.00. The van der Waals surface area contributed by atoms with Crippen LogP contribution in [-0.4, -0.2) is 89.2 Å². The molecular formula is C20H26N5O4+. The van der Waals surface area contributed by atoms with Crippen LogP contribution in [0, 0.1) is 6.92 Å². The Morgan fingerprint density at radius 1 is 1.34 bits per heavy atom. The maximum atomic E-state index is 12.8. The van der Waals surface area contributed by atoms with E-state index in [0.717, 1.165) is 10.5 Å². The molecule has 2 aliphatic heterocycles. The number of urea groups is 1. The standard InChI is InChI=1S/C20H25N5O4/c1-5-10-21-19-22-17-16(18(27)24(4)20(28)23(17)3)25(19)11-14(26)12-29-15-9-7-6-8-13(15)2/h5-9,14,16,26H,1,10-12H2,2-4H3/p+1. The number of likely N-dealkylation sites (N-methyl/N-ethyl adjacent to an activating group) is 2. The molecule has 2 atom stereocenters. The Morgan fingerprint density at radius 2 is 2.07 bits per heavy atom. The molecule has 2 N–H and O–H groups in total. The molecule has 0 aromatic heterocycles. The zero-order chi connectivity index (χ0) is 21.1. The molecule has 1 aromatic carbocycles. The first-order valence-corrected chi connectivity index (χ1v) is 9.33. The number of aryl methyl sites for hydroxylation is 1. The summed E-state index contributed by atoms with van der Waals surface area (Å²) in [5.74, 6) is 1.03. The molecule has 1 saturated heterocycles. The number of rotatable bonds is 7. The molecule has 2 aliphatic rings. The number of amidine groups is 1. The summed E-state index contributed by atoms with van der Waals surface area (Å²) < 4.78 is 7.39. The van der Waals surface area contributed by atoms with Crippen LogP contribution in [0.5, 0.6) is 5.75 Å². The van der Waals surface area contributed by atoms with E-state index in [-0.39, 0.29) is 13.2 Å². The average molecular weight is 400 g/mol. The smallest absolute Gasteiger partial charge is 0.390 e. The fourth-order valence-corrected chi connectivity index (χ4v) is 3.28. The zero-order valence-electron chi connectivity index (χ0n) is 16.8. The van der Waals surface area contributed by atoms with Crippen LogP contribution in [0.1, 0.15) is 5.56 Å². The Labute approximate surface area is 169 Å². The Hall–Kier alpha value is -3.20. The van der Waals surface area contributed by atoms with Crippen LogP contribution < -0.4 is 10.1 Å². The predicted molar refractivity (Wildman–Crippen MR) is 108 cm³/mol. The molecule has 0 radical (unpaired) electrons. The van der Waals surface area contributed by atoms with Gasteiger partial charge in [-0.1, -0.05) is 35.8 Å². The molecule has 29 heavy (non-hydrogen) atoms. The number of carbonyl (C=O) groups excluding carboxylic acids is 2. The normalized spacial score (nSPS) is 19.9. The maximum absolute atomic E-state index is 12.8. The molecule has 0 aliphatic carbocycles. The van der Waals surface area contributed by atoms with Gasteiger partial charge < -0.3 is 9.84 Å². The van der Waals surface area contributed by atoms with E-state index in [1.807, 2.05) is 31.2 Å². The van der Waals surface area contributed by atoms with Crippen molar-refractivity contribution in [1.29, 1.82) is 0 Å². The number of ether oxygens (including phenoxy) is 1. The van der Waals surface area contributed by atoms with Crippen LogP contribution in [0.3, 0.4) is 0 Å². The quantitative estimate of drug-likeness (QED) is 0.503. The number of β-amino-alcohol motifs (C(OH)–C–C–N with tert-alkyl or cyclic N) is 1. The Morgan fingerprint density at radius 3 is 2.76 bits per heavy atom. The number of aliphatic imine (C=N–C) groups is 1. The summed E-state index contributed by atoms with van der Waals surface area (Å²) in [7, 11) is 3.01. The van der Waals surface area contributed by atoms with Crippen molar-refractivity contribution < 1.29 is 24.0 Å². The van der Waals surface area contributed by atoms with Crippen molar-refractivity contribution in [1.82, 2.24) is 15.1 Å². The van der Waals surface area contributed by atoms with Gasteiger partial charge in [-0.3, -0.25) is 19.9 Å². The molecule has 0 spiro atoms. The number of aliphatic hydroxyl groups excluding tert-OH is 1. The Balaban J connectivity index is 1.79. The van der Waals surface area contributed by atoms with E-state index in [2.05, 4.69) is 16.9 Å². The topological polar surface area (TPSA) is 97.5 Å². The van der Waals surface area contributed by atoms with Crippen molar-refractivity contribution in [3.05, 3.63) is 42.5 Å². The molecule has 0 bridgehead atoms. The first kappa shape index (κ1) is 20.5. The maximum Gasteiger partial charge on any atom is 0.390 e. The molecule has 9 nitrogen and oxygen atoms in total. The molecule has 1 aromatic rings. The van der Waals surface area contributed by atoms with Crippen LogP contribution in [0.25, 0.3) is 0 Å². The van der Waals surface area contributed by atoms with Crippen LogP contribution in [0.4, 0.5) is 4.79 Å². The Bertz CT molecular complexity index is 895. The highest BCUT2D eigenvalue weighted by Crippen LogP contribution is 2.19. The fourth-order valence-electron chi connectivity index (χ4n) is 3.28. The van der Waals surface area contributed by atoms with E-state index >= 15 is 0 Å². The van der Waals surface area contributed by atoms with Gasteiger partial charge in [0.05, 0.1) is 13.1 Å². The van der Waals surface area contributed by atoms with Gasteiger partial charge in [-0.2, -0.15) is 0 Å².